The lowest BCUT2D eigenvalue weighted by Gasteiger charge is -2.32. The predicted molar refractivity (Wildman–Crippen MR) is 140 cm³/mol. The molecule has 3 rings (SSSR count). The summed E-state index contributed by atoms with van der Waals surface area (Å²) in [6.45, 7) is 4.64. The molecule has 2 heterocycles. The summed E-state index contributed by atoms with van der Waals surface area (Å²) < 4.78 is 39.0. The van der Waals surface area contributed by atoms with Crippen molar-refractivity contribution in [2.24, 2.45) is 0 Å². The molecule has 1 aromatic rings. The number of benzene rings is 1. The van der Waals surface area contributed by atoms with Gasteiger partial charge in [-0.2, -0.15) is 0 Å². The zero-order chi connectivity index (χ0) is 27.7. The Morgan fingerprint density at radius 1 is 0.897 bits per heavy atom. The number of hydrogen-bond acceptors (Lipinski definition) is 10. The molecule has 11 heteroatoms. The van der Waals surface area contributed by atoms with E-state index in [4.69, 9.17) is 38.3 Å². The molecule has 1 aromatic carbocycles. The summed E-state index contributed by atoms with van der Waals surface area (Å²) in [5, 5.41) is 9.08. The fourth-order valence-corrected chi connectivity index (χ4v) is 4.14. The zero-order valence-corrected chi connectivity index (χ0v) is 22.7. The van der Waals surface area contributed by atoms with Gasteiger partial charge in [-0.3, -0.25) is 4.79 Å². The first-order chi connectivity index (χ1) is 19.1. The lowest BCUT2D eigenvalue weighted by atomic mass is 9.92. The van der Waals surface area contributed by atoms with Gasteiger partial charge < -0.3 is 43.2 Å². The maximum atomic E-state index is 13.7. The Kier molecular flexibility index (Phi) is 14.2. The summed E-state index contributed by atoms with van der Waals surface area (Å²) in [6, 6.07) is 7.10. The second-order valence-electron chi connectivity index (χ2n) is 9.08. The SMILES string of the molecule is COC(=O)c1ccc([C@@H]2C=C(C(=O)N3CCOCCOCCOCCOCC3)O[C@H](OCCCCO)C2)cc1. The number of ether oxygens (including phenoxy) is 7. The van der Waals surface area contributed by atoms with Crippen LogP contribution in [-0.2, 0) is 38.0 Å². The minimum atomic E-state index is -0.636. The Hall–Kier alpha value is -2.54. The number of carbonyl (C=O) groups is 2. The van der Waals surface area contributed by atoms with Crippen molar-refractivity contribution in [3.05, 3.63) is 47.2 Å². The molecule has 0 aliphatic carbocycles. The number of aliphatic hydroxyl groups is 1. The smallest absolute Gasteiger partial charge is 0.337 e. The average Bonchev–Trinajstić information content (AvgIpc) is 2.98. The van der Waals surface area contributed by atoms with Crippen molar-refractivity contribution in [2.45, 2.75) is 31.5 Å². The molecule has 1 saturated heterocycles. The summed E-state index contributed by atoms with van der Waals surface area (Å²) in [7, 11) is 1.34. The fourth-order valence-electron chi connectivity index (χ4n) is 4.14. The molecule has 0 spiro atoms. The summed E-state index contributed by atoms with van der Waals surface area (Å²) in [4.78, 5) is 27.2. The lowest BCUT2D eigenvalue weighted by molar-refractivity contribution is -0.153. The van der Waals surface area contributed by atoms with Crippen LogP contribution in [0.15, 0.2) is 36.1 Å². The van der Waals surface area contributed by atoms with E-state index in [1.807, 2.05) is 18.2 Å². The monoisotopic (exact) mass is 551 g/mol. The van der Waals surface area contributed by atoms with Crippen LogP contribution >= 0.6 is 0 Å². The van der Waals surface area contributed by atoms with Gasteiger partial charge in [0.2, 0.25) is 6.29 Å². The van der Waals surface area contributed by atoms with Crippen molar-refractivity contribution in [1.29, 1.82) is 0 Å². The van der Waals surface area contributed by atoms with Gasteiger partial charge in [0.1, 0.15) is 0 Å². The highest BCUT2D eigenvalue weighted by Crippen LogP contribution is 2.32. The third-order valence-corrected chi connectivity index (χ3v) is 6.30. The number of carbonyl (C=O) groups excluding carboxylic acids is 2. The molecular weight excluding hydrogens is 510 g/mol. The fraction of sp³-hybridized carbons (Fsp3) is 0.643. The van der Waals surface area contributed by atoms with Gasteiger partial charge in [-0.25, -0.2) is 4.79 Å². The first kappa shape index (κ1) is 31.0. The van der Waals surface area contributed by atoms with E-state index in [0.717, 1.165) is 5.56 Å². The van der Waals surface area contributed by atoms with Crippen LogP contribution in [0.4, 0.5) is 0 Å². The summed E-state index contributed by atoms with van der Waals surface area (Å²) >= 11 is 0. The molecule has 1 fully saturated rings. The number of rotatable bonds is 8. The molecule has 0 saturated carbocycles. The molecular formula is C28H41NO10. The highest BCUT2D eigenvalue weighted by Gasteiger charge is 2.31. The van der Waals surface area contributed by atoms with Gasteiger partial charge in [-0.05, 0) is 36.6 Å². The molecule has 11 nitrogen and oxygen atoms in total. The summed E-state index contributed by atoms with van der Waals surface area (Å²) in [5.74, 6) is -0.666. The minimum absolute atomic E-state index is 0.0883. The van der Waals surface area contributed by atoms with Crippen molar-refractivity contribution in [3.8, 4) is 0 Å². The first-order valence-corrected chi connectivity index (χ1v) is 13.5. The van der Waals surface area contributed by atoms with Crippen molar-refractivity contribution in [2.75, 3.05) is 86.3 Å². The van der Waals surface area contributed by atoms with Crippen molar-refractivity contribution >= 4 is 11.9 Å². The van der Waals surface area contributed by atoms with Crippen LogP contribution in [0.5, 0.6) is 0 Å². The standard InChI is InChI=1S/C28H41NO10/c1-33-28(32)23-6-4-22(5-7-23)24-20-25(39-26(21-24)38-11-3-2-10-30)27(31)29-8-12-34-14-16-36-18-19-37-17-15-35-13-9-29/h4-7,20,24,26,30H,2-3,8-19,21H2,1H3/t24-,26+/m1/s1. The van der Waals surface area contributed by atoms with Crippen LogP contribution in [0.2, 0.25) is 0 Å². The van der Waals surface area contributed by atoms with E-state index in [9.17, 15) is 9.59 Å². The van der Waals surface area contributed by atoms with Crippen LogP contribution in [0.25, 0.3) is 0 Å². The second-order valence-corrected chi connectivity index (χ2v) is 9.08. The van der Waals surface area contributed by atoms with Crippen molar-refractivity contribution in [3.63, 3.8) is 0 Å². The first-order valence-electron chi connectivity index (χ1n) is 13.5. The van der Waals surface area contributed by atoms with E-state index in [-0.39, 0.29) is 24.2 Å². The molecule has 0 unspecified atom stereocenters. The maximum Gasteiger partial charge on any atom is 0.337 e. The van der Waals surface area contributed by atoms with Crippen LogP contribution in [0.3, 0.4) is 0 Å². The number of unbranched alkanes of at least 4 members (excludes halogenated alkanes) is 1. The number of nitrogens with zero attached hydrogens (tertiary/aromatic N) is 1. The van der Waals surface area contributed by atoms with Crippen LogP contribution < -0.4 is 0 Å². The van der Waals surface area contributed by atoms with E-state index >= 15 is 0 Å². The largest absolute Gasteiger partial charge is 0.465 e. The van der Waals surface area contributed by atoms with Gasteiger partial charge in [-0.1, -0.05) is 12.1 Å². The topological polar surface area (TPSA) is 122 Å². The Labute approximate surface area is 229 Å². The number of hydrogen-bond donors (Lipinski definition) is 1. The van der Waals surface area contributed by atoms with Gasteiger partial charge in [0.25, 0.3) is 5.91 Å². The third-order valence-electron chi connectivity index (χ3n) is 6.30. The average molecular weight is 552 g/mol. The quantitative estimate of drug-likeness (QED) is 0.379. The van der Waals surface area contributed by atoms with E-state index in [2.05, 4.69) is 0 Å². The molecule has 0 bridgehead atoms. The van der Waals surface area contributed by atoms with Crippen LogP contribution in [0.1, 0.15) is 41.1 Å². The van der Waals surface area contributed by atoms with E-state index in [1.54, 1.807) is 17.0 Å². The van der Waals surface area contributed by atoms with Gasteiger partial charge in [0, 0.05) is 32.0 Å². The number of esters is 1. The predicted octanol–water partition coefficient (Wildman–Crippen LogP) is 1.88. The lowest BCUT2D eigenvalue weighted by Crippen LogP contribution is -2.40. The Bertz CT molecular complexity index is 875. The number of allylic oxidation sites excluding steroid dienone is 1. The van der Waals surface area contributed by atoms with E-state index < -0.39 is 12.3 Å². The van der Waals surface area contributed by atoms with Gasteiger partial charge in [0.05, 0.1) is 72.1 Å². The molecule has 0 radical (unpaired) electrons. The molecule has 2 aliphatic heterocycles. The molecule has 39 heavy (non-hydrogen) atoms. The van der Waals surface area contributed by atoms with Gasteiger partial charge in [0.15, 0.2) is 5.76 Å². The zero-order valence-electron chi connectivity index (χ0n) is 22.7. The van der Waals surface area contributed by atoms with Crippen LogP contribution in [-0.4, -0.2) is 114 Å². The molecule has 1 amide bonds. The van der Waals surface area contributed by atoms with Crippen LogP contribution in [0, 0.1) is 0 Å². The molecule has 0 aromatic heterocycles. The Balaban J connectivity index is 1.73. The van der Waals surface area contributed by atoms with Gasteiger partial charge >= 0.3 is 5.97 Å². The molecule has 1 N–H and O–H groups in total. The number of methoxy groups -OCH3 is 1. The maximum absolute atomic E-state index is 13.7. The Morgan fingerprint density at radius 2 is 1.49 bits per heavy atom. The summed E-state index contributed by atoms with van der Waals surface area (Å²) in [6.07, 6.45) is 2.97. The van der Waals surface area contributed by atoms with Crippen molar-refractivity contribution < 1.29 is 47.9 Å². The van der Waals surface area contributed by atoms with Crippen molar-refractivity contribution in [1.82, 2.24) is 4.90 Å². The third kappa shape index (κ3) is 10.9. The van der Waals surface area contributed by atoms with Gasteiger partial charge in [-0.15, -0.1) is 0 Å². The minimum Gasteiger partial charge on any atom is -0.465 e. The second kappa shape index (κ2) is 17.9. The summed E-state index contributed by atoms with van der Waals surface area (Å²) in [5.41, 5.74) is 1.37. The Morgan fingerprint density at radius 3 is 2.05 bits per heavy atom. The van der Waals surface area contributed by atoms with E-state index in [1.165, 1.54) is 7.11 Å². The molecule has 2 aliphatic rings. The highest BCUT2D eigenvalue weighted by atomic mass is 16.7. The number of amides is 1. The van der Waals surface area contributed by atoms with E-state index in [0.29, 0.717) is 97.4 Å². The molecule has 2 atom stereocenters. The molecule has 218 valence electrons. The number of aliphatic hydroxyl groups excluding tert-OH is 1. The normalized spacial score (nSPS) is 22.1. The highest BCUT2D eigenvalue weighted by molar-refractivity contribution is 5.92.